The molecule has 1 aromatic rings. The van der Waals surface area contributed by atoms with Crippen LogP contribution in [0.15, 0.2) is 24.3 Å². The molecule has 2 rings (SSSR count). The van der Waals surface area contributed by atoms with Crippen molar-refractivity contribution in [3.05, 3.63) is 40.7 Å². The zero-order valence-corrected chi connectivity index (χ0v) is 14.9. The van der Waals surface area contributed by atoms with Gasteiger partial charge in [-0.3, -0.25) is 19.3 Å². The van der Waals surface area contributed by atoms with Crippen LogP contribution in [0.2, 0.25) is 5.02 Å². The molecule has 1 fully saturated rings. The number of ether oxygens (including phenoxy) is 1. The number of hydrogen-bond acceptors (Lipinski definition) is 6. The van der Waals surface area contributed by atoms with E-state index >= 15 is 0 Å². The first-order valence-electron chi connectivity index (χ1n) is 7.41. The van der Waals surface area contributed by atoms with Gasteiger partial charge in [-0.25, -0.2) is 9.18 Å². The van der Waals surface area contributed by atoms with Gasteiger partial charge in [0.05, 0.1) is 10.8 Å². The number of amides is 3. The van der Waals surface area contributed by atoms with E-state index in [1.165, 1.54) is 18.2 Å². The average Bonchev–Trinajstić information content (AvgIpc) is 2.91. The van der Waals surface area contributed by atoms with Crippen LogP contribution < -0.4 is 5.32 Å². The van der Waals surface area contributed by atoms with Gasteiger partial charge in [0.25, 0.3) is 11.1 Å². The van der Waals surface area contributed by atoms with E-state index in [9.17, 15) is 23.6 Å². The number of imide groups is 1. The number of esters is 1. The fourth-order valence-electron chi connectivity index (χ4n) is 1.96. The van der Waals surface area contributed by atoms with Gasteiger partial charge in [-0.05, 0) is 18.2 Å². The molecule has 1 heterocycles. The van der Waals surface area contributed by atoms with E-state index in [-0.39, 0.29) is 40.6 Å². The third-order valence-corrected chi connectivity index (χ3v) is 4.42. The molecule has 7 nitrogen and oxygen atoms in total. The van der Waals surface area contributed by atoms with E-state index in [2.05, 4.69) is 5.32 Å². The Morgan fingerprint density at radius 3 is 2.81 bits per heavy atom. The Balaban J connectivity index is 1.71. The summed E-state index contributed by atoms with van der Waals surface area (Å²) in [5, 5.41) is 2.20. The molecule has 1 aromatic carbocycles. The van der Waals surface area contributed by atoms with Gasteiger partial charge in [0, 0.05) is 24.7 Å². The lowest BCUT2D eigenvalue weighted by Gasteiger charge is -2.12. The molecule has 0 saturated carbocycles. The minimum absolute atomic E-state index is 0.0355. The van der Waals surface area contributed by atoms with Gasteiger partial charge >= 0.3 is 5.97 Å². The summed E-state index contributed by atoms with van der Waals surface area (Å²) in [6, 6.07) is 4.09. The van der Waals surface area contributed by atoms with Gasteiger partial charge in [-0.15, -0.1) is 0 Å². The zero-order valence-electron chi connectivity index (χ0n) is 13.4. The number of nitrogens with zero attached hydrogens (tertiary/aromatic N) is 1. The smallest absolute Gasteiger partial charge is 0.331 e. The second kappa shape index (κ2) is 9.35. The van der Waals surface area contributed by atoms with Crippen molar-refractivity contribution in [3.8, 4) is 0 Å². The quantitative estimate of drug-likeness (QED) is 0.554. The van der Waals surface area contributed by atoms with Crippen molar-refractivity contribution in [1.29, 1.82) is 0 Å². The van der Waals surface area contributed by atoms with Gasteiger partial charge in [-0.2, -0.15) is 0 Å². The average molecular weight is 401 g/mol. The third-order valence-electron chi connectivity index (χ3n) is 3.23. The van der Waals surface area contributed by atoms with Crippen molar-refractivity contribution in [2.24, 2.45) is 0 Å². The Morgan fingerprint density at radius 2 is 2.15 bits per heavy atom. The third kappa shape index (κ3) is 5.57. The first kappa shape index (κ1) is 19.9. The van der Waals surface area contributed by atoms with Gasteiger partial charge in [0.2, 0.25) is 5.91 Å². The molecule has 26 heavy (non-hydrogen) atoms. The highest BCUT2D eigenvalue weighted by Crippen LogP contribution is 2.20. The highest BCUT2D eigenvalue weighted by molar-refractivity contribution is 8.14. The molecule has 0 aliphatic carbocycles. The summed E-state index contributed by atoms with van der Waals surface area (Å²) in [6.45, 7) is -0.448. The van der Waals surface area contributed by atoms with E-state index < -0.39 is 24.3 Å². The number of rotatable bonds is 7. The molecule has 0 unspecified atom stereocenters. The largest absolute Gasteiger partial charge is 0.452 e. The van der Waals surface area contributed by atoms with E-state index in [1.54, 1.807) is 0 Å². The van der Waals surface area contributed by atoms with E-state index in [0.717, 1.165) is 28.8 Å². The van der Waals surface area contributed by atoms with Gasteiger partial charge in [0.1, 0.15) is 5.82 Å². The second-order valence-electron chi connectivity index (χ2n) is 5.03. The van der Waals surface area contributed by atoms with E-state index in [4.69, 9.17) is 16.3 Å². The predicted molar refractivity (Wildman–Crippen MR) is 94.0 cm³/mol. The molecule has 1 aliphatic heterocycles. The second-order valence-corrected chi connectivity index (χ2v) is 6.36. The summed E-state index contributed by atoms with van der Waals surface area (Å²) in [7, 11) is 0. The molecule has 0 atom stereocenters. The molecule has 138 valence electrons. The molecular weight excluding hydrogens is 387 g/mol. The summed E-state index contributed by atoms with van der Waals surface area (Å²) in [5.41, 5.74) is 0.0355. The summed E-state index contributed by atoms with van der Waals surface area (Å²) in [6.07, 6.45) is 2.11. The summed E-state index contributed by atoms with van der Waals surface area (Å²) < 4.78 is 18.2. The molecule has 1 saturated heterocycles. The molecule has 0 bridgehead atoms. The topological polar surface area (TPSA) is 92.8 Å². The van der Waals surface area contributed by atoms with Crippen LogP contribution in [-0.4, -0.2) is 53.4 Å². The van der Waals surface area contributed by atoms with Crippen LogP contribution in [0.3, 0.4) is 0 Å². The molecule has 1 aliphatic rings. The fraction of sp³-hybridized carbons (Fsp3) is 0.250. The van der Waals surface area contributed by atoms with E-state index in [0.29, 0.717) is 0 Å². The first-order valence-corrected chi connectivity index (χ1v) is 8.77. The summed E-state index contributed by atoms with van der Waals surface area (Å²) in [5.74, 6) is -2.24. The van der Waals surface area contributed by atoms with Crippen molar-refractivity contribution in [2.75, 3.05) is 25.4 Å². The number of carbonyl (C=O) groups is 4. The van der Waals surface area contributed by atoms with Crippen LogP contribution >= 0.6 is 23.4 Å². The van der Waals surface area contributed by atoms with Gasteiger partial charge in [-0.1, -0.05) is 29.4 Å². The number of halogens is 2. The number of nitrogens with one attached hydrogen (secondary N) is 1. The Bertz CT molecular complexity index is 735. The lowest BCUT2D eigenvalue weighted by molar-refractivity contribution is -0.143. The van der Waals surface area contributed by atoms with Crippen LogP contribution in [0.1, 0.15) is 5.56 Å². The maximum absolute atomic E-state index is 13.5. The SMILES string of the molecule is O=C(COC(=O)/C=C/c1c(F)cccc1Cl)NCCN1C(=O)CSC1=O. The maximum atomic E-state index is 13.5. The Labute approximate surface area is 157 Å². The predicted octanol–water partition coefficient (Wildman–Crippen LogP) is 1.85. The minimum Gasteiger partial charge on any atom is -0.452 e. The summed E-state index contributed by atoms with van der Waals surface area (Å²) in [4.78, 5) is 46.9. The maximum Gasteiger partial charge on any atom is 0.331 e. The number of thioether (sulfide) groups is 1. The van der Waals surface area contributed by atoms with Crippen molar-refractivity contribution in [1.82, 2.24) is 10.2 Å². The molecule has 0 spiro atoms. The lowest BCUT2D eigenvalue weighted by atomic mass is 10.2. The number of benzene rings is 1. The minimum atomic E-state index is -0.847. The van der Waals surface area contributed by atoms with Crippen LogP contribution in [-0.2, 0) is 19.1 Å². The van der Waals surface area contributed by atoms with Crippen LogP contribution in [0.5, 0.6) is 0 Å². The van der Waals surface area contributed by atoms with Crippen LogP contribution in [0.4, 0.5) is 9.18 Å². The van der Waals surface area contributed by atoms with E-state index in [1.807, 2.05) is 0 Å². The molecular formula is C16H14ClFN2O5S. The highest BCUT2D eigenvalue weighted by Gasteiger charge is 2.29. The van der Waals surface area contributed by atoms with Crippen LogP contribution in [0.25, 0.3) is 6.08 Å². The molecule has 3 amide bonds. The Morgan fingerprint density at radius 1 is 1.38 bits per heavy atom. The molecule has 10 heteroatoms. The summed E-state index contributed by atoms with van der Waals surface area (Å²) >= 11 is 6.71. The zero-order chi connectivity index (χ0) is 19.1. The Kier molecular flexibility index (Phi) is 7.16. The molecule has 0 radical (unpaired) electrons. The number of hydrogen-bond donors (Lipinski definition) is 1. The standard InChI is InChI=1S/C16H14ClFN2O5S/c17-11-2-1-3-12(18)10(11)4-5-15(23)25-8-13(21)19-6-7-20-14(22)9-26-16(20)24/h1-5H,6-9H2,(H,19,21)/b5-4+. The monoisotopic (exact) mass is 400 g/mol. The highest BCUT2D eigenvalue weighted by atomic mass is 35.5. The Hall–Kier alpha value is -2.39. The first-order chi connectivity index (χ1) is 12.4. The normalized spacial score (nSPS) is 14.2. The molecule has 1 N–H and O–H groups in total. The van der Waals surface area contributed by atoms with Crippen molar-refractivity contribution >= 4 is 52.5 Å². The van der Waals surface area contributed by atoms with Crippen molar-refractivity contribution < 1.29 is 28.3 Å². The van der Waals surface area contributed by atoms with Crippen LogP contribution in [0, 0.1) is 5.82 Å². The molecule has 0 aromatic heterocycles. The number of carbonyl (C=O) groups excluding carboxylic acids is 4. The van der Waals surface area contributed by atoms with Gasteiger partial charge in [0.15, 0.2) is 6.61 Å². The lowest BCUT2D eigenvalue weighted by Crippen LogP contribution is -2.38. The fourth-order valence-corrected chi connectivity index (χ4v) is 2.94. The van der Waals surface area contributed by atoms with Crippen molar-refractivity contribution in [3.63, 3.8) is 0 Å². The van der Waals surface area contributed by atoms with Gasteiger partial charge < -0.3 is 10.1 Å². The van der Waals surface area contributed by atoms with Crippen molar-refractivity contribution in [2.45, 2.75) is 0 Å².